The first kappa shape index (κ1) is 15.6. The Balaban J connectivity index is 1.68. The minimum absolute atomic E-state index is 0.102. The van der Waals surface area contributed by atoms with Gasteiger partial charge in [-0.15, -0.1) is 0 Å². The van der Waals surface area contributed by atoms with Crippen LogP contribution >= 0.6 is 11.6 Å². The summed E-state index contributed by atoms with van der Waals surface area (Å²) in [5.41, 5.74) is 0.763. The molecule has 0 aliphatic heterocycles. The number of halogens is 2. The first-order chi connectivity index (χ1) is 11.2. The molecule has 120 valence electrons. The summed E-state index contributed by atoms with van der Waals surface area (Å²) in [5.74, 6) is 1.56. The number of aromatic nitrogens is 2. The van der Waals surface area contributed by atoms with E-state index in [1.165, 1.54) is 12.1 Å². The molecule has 2 aromatic heterocycles. The van der Waals surface area contributed by atoms with Crippen molar-refractivity contribution in [2.24, 2.45) is 0 Å². The lowest BCUT2D eigenvalue weighted by Gasteiger charge is -2.09. The number of hydrogen-bond acceptors (Lipinski definition) is 4. The molecule has 0 amide bonds. The average molecular weight is 336 g/mol. The van der Waals surface area contributed by atoms with Crippen molar-refractivity contribution in [3.63, 3.8) is 0 Å². The van der Waals surface area contributed by atoms with Gasteiger partial charge in [0.25, 0.3) is 0 Å². The molecule has 0 saturated carbocycles. The number of benzene rings is 1. The first-order valence-electron chi connectivity index (χ1n) is 7.04. The zero-order valence-corrected chi connectivity index (χ0v) is 12.9. The number of anilines is 1. The number of nitrogens with one attached hydrogen (secondary N) is 1. The maximum atomic E-state index is 13.5. The van der Waals surface area contributed by atoms with Crippen LogP contribution in [0.5, 0.6) is 0 Å². The minimum Gasteiger partial charge on any atom is -0.462 e. The van der Waals surface area contributed by atoms with Crippen molar-refractivity contribution >= 4 is 17.4 Å². The Morgan fingerprint density at radius 1 is 1.22 bits per heavy atom. The summed E-state index contributed by atoms with van der Waals surface area (Å²) in [7, 11) is 0. The van der Waals surface area contributed by atoms with Gasteiger partial charge in [0.1, 0.15) is 29.8 Å². The van der Waals surface area contributed by atoms with Crippen LogP contribution in [0.15, 0.2) is 47.0 Å². The van der Waals surface area contributed by atoms with Crippen molar-refractivity contribution < 1.29 is 13.9 Å². The molecule has 2 N–H and O–H groups in total. The third-order valence-electron chi connectivity index (χ3n) is 3.35. The lowest BCUT2D eigenvalue weighted by atomic mass is 10.2. The van der Waals surface area contributed by atoms with Gasteiger partial charge < -0.3 is 14.8 Å². The van der Waals surface area contributed by atoms with Crippen molar-refractivity contribution in [2.45, 2.75) is 19.7 Å². The molecule has 0 unspecified atom stereocenters. The second kappa shape index (κ2) is 6.85. The van der Waals surface area contributed by atoms with Crippen LogP contribution in [0.2, 0.25) is 5.02 Å². The van der Waals surface area contributed by atoms with Crippen molar-refractivity contribution in [3.05, 3.63) is 70.5 Å². The second-order valence-electron chi connectivity index (χ2n) is 5.00. The maximum Gasteiger partial charge on any atom is 0.142 e. The van der Waals surface area contributed by atoms with Gasteiger partial charge in [0.15, 0.2) is 0 Å². The van der Waals surface area contributed by atoms with E-state index in [4.69, 9.17) is 21.1 Å². The molecule has 1 aromatic carbocycles. The summed E-state index contributed by atoms with van der Waals surface area (Å²) in [6, 6.07) is 10.0. The van der Waals surface area contributed by atoms with E-state index in [1.54, 1.807) is 29.1 Å². The molecule has 5 nitrogen and oxygen atoms in total. The van der Waals surface area contributed by atoms with Gasteiger partial charge in [-0.1, -0.05) is 17.7 Å². The molecule has 2 heterocycles. The van der Waals surface area contributed by atoms with Crippen molar-refractivity contribution in [2.75, 3.05) is 5.32 Å². The predicted octanol–water partition coefficient (Wildman–Crippen LogP) is 3.42. The molecule has 0 fully saturated rings. The van der Waals surface area contributed by atoms with E-state index in [1.807, 2.05) is 6.07 Å². The molecule has 7 heteroatoms. The Morgan fingerprint density at radius 3 is 2.78 bits per heavy atom. The number of hydrogen-bond donors (Lipinski definition) is 2. The quantitative estimate of drug-likeness (QED) is 0.724. The lowest BCUT2D eigenvalue weighted by Crippen LogP contribution is -2.08. The van der Waals surface area contributed by atoms with Gasteiger partial charge in [0.05, 0.1) is 24.3 Å². The van der Waals surface area contributed by atoms with Crippen molar-refractivity contribution in [1.29, 1.82) is 0 Å². The van der Waals surface area contributed by atoms with E-state index in [9.17, 15) is 4.39 Å². The fourth-order valence-electron chi connectivity index (χ4n) is 2.20. The van der Waals surface area contributed by atoms with Crippen LogP contribution in [0.4, 0.5) is 10.2 Å². The molecule has 0 saturated heterocycles. The second-order valence-corrected chi connectivity index (χ2v) is 5.41. The Bertz CT molecular complexity index is 800. The van der Waals surface area contributed by atoms with Crippen molar-refractivity contribution in [3.8, 4) is 0 Å². The van der Waals surface area contributed by atoms with Gasteiger partial charge in [-0.05, 0) is 29.8 Å². The van der Waals surface area contributed by atoms with Crippen LogP contribution in [-0.2, 0) is 19.7 Å². The molecular formula is C16H15ClFN3O2. The molecule has 0 aliphatic carbocycles. The maximum absolute atomic E-state index is 13.5. The van der Waals surface area contributed by atoms with Gasteiger partial charge in [-0.25, -0.2) is 9.07 Å². The van der Waals surface area contributed by atoms with Crippen LogP contribution in [-0.4, -0.2) is 14.9 Å². The fourth-order valence-corrected chi connectivity index (χ4v) is 2.32. The highest BCUT2D eigenvalue weighted by Crippen LogP contribution is 2.18. The lowest BCUT2D eigenvalue weighted by molar-refractivity contribution is 0.244. The molecule has 3 aromatic rings. The number of aliphatic hydroxyl groups is 1. The summed E-state index contributed by atoms with van der Waals surface area (Å²) >= 11 is 5.69. The van der Waals surface area contributed by atoms with Crippen LogP contribution in [0.1, 0.15) is 17.1 Å². The standard InChI is InChI=1S/C16H15ClFN3O2/c17-14-4-1-11(7-15(14)18)9-21-16(5-6-20-21)19-8-12-2-3-13(10-22)23-12/h1-7,19,22H,8-10H2. The molecule has 0 aliphatic rings. The van der Waals surface area contributed by atoms with Gasteiger partial charge in [-0.2, -0.15) is 5.10 Å². The molecule has 23 heavy (non-hydrogen) atoms. The van der Waals surface area contributed by atoms with Crippen LogP contribution in [0, 0.1) is 5.82 Å². The van der Waals surface area contributed by atoms with Gasteiger partial charge >= 0.3 is 0 Å². The highest BCUT2D eigenvalue weighted by Gasteiger charge is 2.07. The summed E-state index contributed by atoms with van der Waals surface area (Å²) < 4.78 is 20.6. The van der Waals surface area contributed by atoms with E-state index < -0.39 is 5.82 Å². The van der Waals surface area contributed by atoms with Gasteiger partial charge in [-0.3, -0.25) is 0 Å². The third kappa shape index (κ3) is 3.72. The molecule has 0 radical (unpaired) electrons. The summed E-state index contributed by atoms with van der Waals surface area (Å²) in [6.07, 6.45) is 1.66. The van der Waals surface area contributed by atoms with Crippen LogP contribution < -0.4 is 5.32 Å². The molecular weight excluding hydrogens is 321 g/mol. The largest absolute Gasteiger partial charge is 0.462 e. The minimum atomic E-state index is -0.446. The summed E-state index contributed by atoms with van der Waals surface area (Å²) in [5, 5.41) is 16.5. The molecule has 0 atom stereocenters. The van der Waals surface area contributed by atoms with Gasteiger partial charge in [0.2, 0.25) is 0 Å². The summed E-state index contributed by atoms with van der Waals surface area (Å²) in [6.45, 7) is 0.754. The normalized spacial score (nSPS) is 10.9. The third-order valence-corrected chi connectivity index (χ3v) is 3.66. The highest BCUT2D eigenvalue weighted by atomic mass is 35.5. The Labute approximate surface area is 137 Å². The van der Waals surface area contributed by atoms with Crippen LogP contribution in [0.25, 0.3) is 0 Å². The monoisotopic (exact) mass is 335 g/mol. The molecule has 0 bridgehead atoms. The number of rotatable bonds is 6. The average Bonchev–Trinajstić information content (AvgIpc) is 3.18. The van der Waals surface area contributed by atoms with E-state index >= 15 is 0 Å². The topological polar surface area (TPSA) is 63.2 Å². The smallest absolute Gasteiger partial charge is 0.142 e. The highest BCUT2D eigenvalue weighted by molar-refractivity contribution is 6.30. The zero-order valence-electron chi connectivity index (χ0n) is 12.2. The predicted molar refractivity (Wildman–Crippen MR) is 84.7 cm³/mol. The van der Waals surface area contributed by atoms with E-state index in [0.717, 1.165) is 11.4 Å². The van der Waals surface area contributed by atoms with Crippen LogP contribution in [0.3, 0.4) is 0 Å². The van der Waals surface area contributed by atoms with E-state index in [0.29, 0.717) is 24.6 Å². The zero-order chi connectivity index (χ0) is 16.2. The summed E-state index contributed by atoms with van der Waals surface area (Å²) in [4.78, 5) is 0. The fraction of sp³-hybridized carbons (Fsp3) is 0.188. The van der Waals surface area contributed by atoms with E-state index in [-0.39, 0.29) is 11.6 Å². The Kier molecular flexibility index (Phi) is 4.64. The number of nitrogens with zero attached hydrogens (tertiary/aromatic N) is 2. The number of aliphatic hydroxyl groups excluding tert-OH is 1. The van der Waals surface area contributed by atoms with Crippen molar-refractivity contribution in [1.82, 2.24) is 9.78 Å². The Morgan fingerprint density at radius 2 is 2.04 bits per heavy atom. The molecule has 0 spiro atoms. The van der Waals surface area contributed by atoms with E-state index in [2.05, 4.69) is 10.4 Å². The molecule has 3 rings (SSSR count). The van der Waals surface area contributed by atoms with Gasteiger partial charge in [0, 0.05) is 6.07 Å². The first-order valence-corrected chi connectivity index (χ1v) is 7.41. The number of furan rings is 1. The Hall–Kier alpha value is -2.31. The SMILES string of the molecule is OCc1ccc(CNc2ccnn2Cc2ccc(Cl)c(F)c2)o1.